The Kier molecular flexibility index (Phi) is 4.51. The Balaban J connectivity index is 2.36. The van der Waals surface area contributed by atoms with Crippen LogP contribution in [0.5, 0.6) is 0 Å². The maximum atomic E-state index is 11.8. The lowest BCUT2D eigenvalue weighted by atomic mass is 9.96. The van der Waals surface area contributed by atoms with Crippen LogP contribution in [0.3, 0.4) is 0 Å². The summed E-state index contributed by atoms with van der Waals surface area (Å²) in [7, 11) is 0. The van der Waals surface area contributed by atoms with Crippen molar-refractivity contribution in [1.82, 2.24) is 4.90 Å². The van der Waals surface area contributed by atoms with Gasteiger partial charge in [-0.1, -0.05) is 0 Å². The van der Waals surface area contributed by atoms with Crippen molar-refractivity contribution in [3.05, 3.63) is 0 Å². The molecule has 0 radical (unpaired) electrons. The smallest absolute Gasteiger partial charge is 0.317 e. The number of rotatable bonds is 3. The van der Waals surface area contributed by atoms with Crippen LogP contribution in [0.25, 0.3) is 0 Å². The van der Waals surface area contributed by atoms with Gasteiger partial charge in [0.05, 0.1) is 12.5 Å². The van der Waals surface area contributed by atoms with Crippen molar-refractivity contribution in [2.24, 2.45) is 5.92 Å². The van der Waals surface area contributed by atoms with Gasteiger partial charge in [-0.15, -0.1) is 0 Å². The predicted molar refractivity (Wildman–Crippen MR) is 62.6 cm³/mol. The maximum Gasteiger partial charge on any atom is 0.317 e. The van der Waals surface area contributed by atoms with Crippen LogP contribution in [0.1, 0.15) is 33.6 Å². The molecule has 17 heavy (non-hydrogen) atoms. The minimum absolute atomic E-state index is 0.0566. The van der Waals surface area contributed by atoms with Crippen molar-refractivity contribution in [1.29, 1.82) is 0 Å². The fraction of sp³-hybridized carbons (Fsp3) is 0.833. The number of carboxylic acids is 1. The average Bonchev–Trinajstić information content (AvgIpc) is 2.15. The van der Waals surface area contributed by atoms with E-state index >= 15 is 0 Å². The largest absolute Gasteiger partial charge is 0.480 e. The van der Waals surface area contributed by atoms with E-state index in [-0.39, 0.29) is 18.4 Å². The Morgan fingerprint density at radius 3 is 2.24 bits per heavy atom. The van der Waals surface area contributed by atoms with Crippen LogP contribution in [0.4, 0.5) is 0 Å². The molecule has 0 unspecified atom stereocenters. The van der Waals surface area contributed by atoms with Gasteiger partial charge in [0, 0.05) is 0 Å². The summed E-state index contributed by atoms with van der Waals surface area (Å²) < 4.78 is 5.32. The first-order valence-electron chi connectivity index (χ1n) is 5.95. The van der Waals surface area contributed by atoms with Crippen molar-refractivity contribution in [3.8, 4) is 0 Å². The number of hydrogen-bond donors (Lipinski definition) is 1. The molecule has 0 saturated carbocycles. The van der Waals surface area contributed by atoms with Crippen LogP contribution in [0, 0.1) is 5.92 Å². The SMILES string of the molecule is CC(C)(C)OC(=O)C1CCN(CC(=O)O)CC1. The standard InChI is InChI=1S/C12H21NO4/c1-12(2,3)17-11(16)9-4-6-13(7-5-9)8-10(14)15/h9H,4-8H2,1-3H3,(H,14,15). The Bertz CT molecular complexity index is 287. The topological polar surface area (TPSA) is 66.8 Å². The summed E-state index contributed by atoms with van der Waals surface area (Å²) in [6.45, 7) is 6.91. The highest BCUT2D eigenvalue weighted by Gasteiger charge is 2.29. The van der Waals surface area contributed by atoms with Crippen LogP contribution in [0.15, 0.2) is 0 Å². The molecule has 0 spiro atoms. The van der Waals surface area contributed by atoms with Crippen molar-refractivity contribution in [3.63, 3.8) is 0 Å². The second kappa shape index (κ2) is 5.49. The van der Waals surface area contributed by atoms with Crippen LogP contribution in [-0.4, -0.2) is 47.2 Å². The molecule has 0 aromatic rings. The van der Waals surface area contributed by atoms with Crippen molar-refractivity contribution in [2.75, 3.05) is 19.6 Å². The molecule has 1 saturated heterocycles. The molecule has 0 atom stereocenters. The third kappa shape index (κ3) is 5.17. The van der Waals surface area contributed by atoms with Gasteiger partial charge >= 0.3 is 11.9 Å². The molecular weight excluding hydrogens is 222 g/mol. The van der Waals surface area contributed by atoms with E-state index in [1.165, 1.54) is 0 Å². The number of carbonyl (C=O) groups is 2. The first-order chi connectivity index (χ1) is 7.78. The number of nitrogens with zero attached hydrogens (tertiary/aromatic N) is 1. The molecule has 0 bridgehead atoms. The lowest BCUT2D eigenvalue weighted by Gasteiger charge is -2.31. The van der Waals surface area contributed by atoms with Gasteiger partial charge < -0.3 is 9.84 Å². The zero-order valence-corrected chi connectivity index (χ0v) is 10.7. The van der Waals surface area contributed by atoms with E-state index in [9.17, 15) is 9.59 Å². The number of esters is 1. The molecular formula is C12H21NO4. The van der Waals surface area contributed by atoms with E-state index in [1.54, 1.807) is 0 Å². The highest BCUT2D eigenvalue weighted by atomic mass is 16.6. The van der Waals surface area contributed by atoms with Gasteiger partial charge in [-0.3, -0.25) is 14.5 Å². The van der Waals surface area contributed by atoms with Gasteiger partial charge in [-0.2, -0.15) is 0 Å². The average molecular weight is 243 g/mol. The normalized spacial score (nSPS) is 19.0. The summed E-state index contributed by atoms with van der Waals surface area (Å²) in [5, 5.41) is 8.66. The van der Waals surface area contributed by atoms with Gasteiger partial charge in [0.25, 0.3) is 0 Å². The Hall–Kier alpha value is -1.10. The predicted octanol–water partition coefficient (Wildman–Crippen LogP) is 1.12. The van der Waals surface area contributed by atoms with E-state index in [1.807, 2.05) is 25.7 Å². The minimum atomic E-state index is -0.819. The Morgan fingerprint density at radius 2 is 1.82 bits per heavy atom. The fourth-order valence-corrected chi connectivity index (χ4v) is 1.90. The van der Waals surface area contributed by atoms with Gasteiger partial charge in [0.2, 0.25) is 0 Å². The molecule has 1 aliphatic rings. The highest BCUT2D eigenvalue weighted by molar-refractivity contribution is 5.73. The Labute approximate surface area is 102 Å². The summed E-state index contributed by atoms with van der Waals surface area (Å²) in [6.07, 6.45) is 1.37. The number of aliphatic carboxylic acids is 1. The minimum Gasteiger partial charge on any atom is -0.480 e. The number of ether oxygens (including phenoxy) is 1. The molecule has 0 aliphatic carbocycles. The number of hydrogen-bond acceptors (Lipinski definition) is 4. The molecule has 98 valence electrons. The molecule has 1 N–H and O–H groups in total. The Morgan fingerprint density at radius 1 is 1.29 bits per heavy atom. The van der Waals surface area contributed by atoms with E-state index in [2.05, 4.69) is 0 Å². The third-order valence-corrected chi connectivity index (χ3v) is 2.69. The molecule has 0 aromatic heterocycles. The second-order valence-corrected chi connectivity index (χ2v) is 5.48. The third-order valence-electron chi connectivity index (χ3n) is 2.69. The zero-order chi connectivity index (χ0) is 13.1. The molecule has 5 nitrogen and oxygen atoms in total. The quantitative estimate of drug-likeness (QED) is 0.752. The number of piperidine rings is 1. The molecule has 0 aromatic carbocycles. The van der Waals surface area contributed by atoms with Crippen molar-refractivity contribution < 1.29 is 19.4 Å². The number of carboxylic acid groups (broad SMARTS) is 1. The first-order valence-corrected chi connectivity index (χ1v) is 5.95. The summed E-state index contributed by atoms with van der Waals surface area (Å²) in [5.74, 6) is -1.06. The second-order valence-electron chi connectivity index (χ2n) is 5.48. The van der Waals surface area contributed by atoms with Gasteiger partial charge in [-0.05, 0) is 46.7 Å². The first kappa shape index (κ1) is 14.0. The molecule has 1 rings (SSSR count). The molecule has 5 heteroatoms. The zero-order valence-electron chi connectivity index (χ0n) is 10.7. The molecule has 1 fully saturated rings. The van der Waals surface area contributed by atoms with E-state index in [0.717, 1.165) is 0 Å². The van der Waals surface area contributed by atoms with Crippen molar-refractivity contribution >= 4 is 11.9 Å². The summed E-state index contributed by atoms with van der Waals surface area (Å²) in [5.41, 5.74) is -0.449. The van der Waals surface area contributed by atoms with Gasteiger partial charge in [0.1, 0.15) is 5.60 Å². The van der Waals surface area contributed by atoms with Crippen LogP contribution in [-0.2, 0) is 14.3 Å². The van der Waals surface area contributed by atoms with Gasteiger partial charge in [0.15, 0.2) is 0 Å². The monoisotopic (exact) mass is 243 g/mol. The van der Waals surface area contributed by atoms with Crippen LogP contribution >= 0.6 is 0 Å². The van der Waals surface area contributed by atoms with E-state index in [0.29, 0.717) is 25.9 Å². The lowest BCUT2D eigenvalue weighted by Crippen LogP contribution is -2.40. The van der Waals surface area contributed by atoms with Gasteiger partial charge in [-0.25, -0.2) is 0 Å². The van der Waals surface area contributed by atoms with Crippen molar-refractivity contribution in [2.45, 2.75) is 39.2 Å². The molecule has 1 heterocycles. The summed E-state index contributed by atoms with van der Waals surface area (Å²) in [6, 6.07) is 0. The molecule has 0 amide bonds. The van der Waals surface area contributed by atoms with E-state index in [4.69, 9.17) is 9.84 Å². The lowest BCUT2D eigenvalue weighted by molar-refractivity contribution is -0.161. The summed E-state index contributed by atoms with van der Waals surface area (Å²) in [4.78, 5) is 24.2. The van der Waals surface area contributed by atoms with Crippen LogP contribution in [0.2, 0.25) is 0 Å². The summed E-state index contributed by atoms with van der Waals surface area (Å²) >= 11 is 0. The highest BCUT2D eigenvalue weighted by Crippen LogP contribution is 2.21. The maximum absolute atomic E-state index is 11.8. The van der Waals surface area contributed by atoms with E-state index < -0.39 is 11.6 Å². The molecule has 1 aliphatic heterocycles. The number of carbonyl (C=O) groups excluding carboxylic acids is 1. The number of likely N-dealkylation sites (tertiary alicyclic amines) is 1. The van der Waals surface area contributed by atoms with Crippen LogP contribution < -0.4 is 0 Å². The fourth-order valence-electron chi connectivity index (χ4n) is 1.90.